The minimum atomic E-state index is -4.40. The molecule has 0 radical (unpaired) electrons. The van der Waals surface area contributed by atoms with Gasteiger partial charge in [-0.3, -0.25) is 0 Å². The Kier molecular flexibility index (Phi) is 5.13. The Hall–Kier alpha value is -0.550. The molecule has 1 aromatic carbocycles. The first kappa shape index (κ1) is 15.8. The Morgan fingerprint density at radius 2 is 1.70 bits per heavy atom. The van der Waals surface area contributed by atoms with Crippen LogP contribution in [-0.4, -0.2) is 5.11 Å². The summed E-state index contributed by atoms with van der Waals surface area (Å²) in [6.45, 7) is 0. The van der Waals surface area contributed by atoms with Gasteiger partial charge in [0.15, 0.2) is 0 Å². The SMILES string of the molecule is OC(c1ccc(Br)c(C(F)(F)F)c1)C1CCCCCC1. The van der Waals surface area contributed by atoms with Gasteiger partial charge in [0.2, 0.25) is 0 Å². The van der Waals surface area contributed by atoms with E-state index in [-0.39, 0.29) is 10.4 Å². The molecule has 0 amide bonds. The summed E-state index contributed by atoms with van der Waals surface area (Å²) in [4.78, 5) is 0. The maximum Gasteiger partial charge on any atom is 0.417 e. The van der Waals surface area contributed by atoms with Crippen LogP contribution in [0.25, 0.3) is 0 Å². The Bertz CT molecular complexity index is 451. The first-order valence-electron chi connectivity index (χ1n) is 6.94. The minimum Gasteiger partial charge on any atom is -0.388 e. The van der Waals surface area contributed by atoms with Crippen LogP contribution in [0.4, 0.5) is 13.2 Å². The van der Waals surface area contributed by atoms with Crippen molar-refractivity contribution in [3.8, 4) is 0 Å². The van der Waals surface area contributed by atoms with Crippen LogP contribution in [0.5, 0.6) is 0 Å². The van der Waals surface area contributed by atoms with Crippen LogP contribution in [0, 0.1) is 5.92 Å². The summed E-state index contributed by atoms with van der Waals surface area (Å²) in [5.41, 5.74) is -0.352. The van der Waals surface area contributed by atoms with E-state index in [1.165, 1.54) is 6.07 Å². The fourth-order valence-corrected chi connectivity index (χ4v) is 3.31. The first-order chi connectivity index (χ1) is 9.39. The second kappa shape index (κ2) is 6.48. The third-order valence-electron chi connectivity index (χ3n) is 3.98. The van der Waals surface area contributed by atoms with Crippen LogP contribution in [0.15, 0.2) is 22.7 Å². The highest BCUT2D eigenvalue weighted by Gasteiger charge is 2.34. The number of halogens is 4. The Balaban J connectivity index is 2.23. The van der Waals surface area contributed by atoms with Crippen molar-refractivity contribution >= 4 is 15.9 Å². The van der Waals surface area contributed by atoms with Crippen LogP contribution in [0.1, 0.15) is 55.8 Å². The van der Waals surface area contributed by atoms with Gasteiger partial charge in [-0.05, 0) is 36.5 Å². The summed E-state index contributed by atoms with van der Waals surface area (Å²) in [5, 5.41) is 10.4. The molecule has 0 bridgehead atoms. The zero-order valence-electron chi connectivity index (χ0n) is 11.1. The summed E-state index contributed by atoms with van der Waals surface area (Å²) in [6.07, 6.45) is 0.959. The van der Waals surface area contributed by atoms with Crippen molar-refractivity contribution in [3.63, 3.8) is 0 Å². The summed E-state index contributed by atoms with van der Waals surface area (Å²) in [5.74, 6) is 0.0692. The van der Waals surface area contributed by atoms with E-state index < -0.39 is 17.8 Å². The van der Waals surface area contributed by atoms with Crippen LogP contribution in [0.2, 0.25) is 0 Å². The van der Waals surface area contributed by atoms with E-state index in [2.05, 4.69) is 15.9 Å². The van der Waals surface area contributed by atoms with Gasteiger partial charge in [-0.1, -0.05) is 47.7 Å². The summed E-state index contributed by atoms with van der Waals surface area (Å²) in [7, 11) is 0. The minimum absolute atomic E-state index is 0.0156. The molecule has 0 aliphatic heterocycles. The molecule has 1 aromatic rings. The summed E-state index contributed by atoms with van der Waals surface area (Å²) < 4.78 is 38.7. The second-order valence-corrected chi connectivity index (χ2v) is 6.29. The number of aliphatic hydroxyl groups excluding tert-OH is 1. The molecular formula is C15H18BrF3O. The summed E-state index contributed by atoms with van der Waals surface area (Å²) in [6, 6.07) is 4.02. The molecule has 1 aliphatic carbocycles. The maximum absolute atomic E-state index is 12.9. The molecule has 0 saturated heterocycles. The predicted molar refractivity (Wildman–Crippen MR) is 75.3 cm³/mol. The molecule has 0 aromatic heterocycles. The number of aliphatic hydroxyl groups is 1. The average molecular weight is 351 g/mol. The van der Waals surface area contributed by atoms with Crippen molar-refractivity contribution in [2.24, 2.45) is 5.92 Å². The highest BCUT2D eigenvalue weighted by atomic mass is 79.9. The fourth-order valence-electron chi connectivity index (χ4n) is 2.84. The Labute approximate surface area is 125 Å². The van der Waals surface area contributed by atoms with Gasteiger partial charge in [-0.15, -0.1) is 0 Å². The Morgan fingerprint density at radius 3 is 2.25 bits per heavy atom. The van der Waals surface area contributed by atoms with Crippen molar-refractivity contribution in [1.82, 2.24) is 0 Å². The van der Waals surface area contributed by atoms with Gasteiger partial charge >= 0.3 is 6.18 Å². The highest BCUT2D eigenvalue weighted by Crippen LogP contribution is 2.39. The van der Waals surface area contributed by atoms with Crippen molar-refractivity contribution < 1.29 is 18.3 Å². The molecule has 1 atom stereocenters. The normalized spacial score (nSPS) is 19.6. The lowest BCUT2D eigenvalue weighted by Crippen LogP contribution is -2.14. The van der Waals surface area contributed by atoms with E-state index in [0.717, 1.165) is 44.6 Å². The van der Waals surface area contributed by atoms with Crippen molar-refractivity contribution in [2.45, 2.75) is 50.8 Å². The molecule has 2 rings (SSSR count). The van der Waals surface area contributed by atoms with Crippen molar-refractivity contribution in [1.29, 1.82) is 0 Å². The highest BCUT2D eigenvalue weighted by molar-refractivity contribution is 9.10. The molecule has 1 nitrogen and oxygen atoms in total. The number of rotatable bonds is 2. The van der Waals surface area contributed by atoms with Crippen molar-refractivity contribution in [3.05, 3.63) is 33.8 Å². The van der Waals surface area contributed by atoms with E-state index in [1.807, 2.05) is 0 Å². The quantitative estimate of drug-likeness (QED) is 0.701. The Morgan fingerprint density at radius 1 is 1.10 bits per heavy atom. The van der Waals surface area contributed by atoms with Gasteiger partial charge in [-0.2, -0.15) is 13.2 Å². The zero-order chi connectivity index (χ0) is 14.8. The topological polar surface area (TPSA) is 20.2 Å². The van der Waals surface area contributed by atoms with E-state index in [9.17, 15) is 18.3 Å². The lowest BCUT2D eigenvalue weighted by atomic mass is 9.89. The molecule has 1 saturated carbocycles. The lowest BCUT2D eigenvalue weighted by Gasteiger charge is -2.22. The average Bonchev–Trinajstić information content (AvgIpc) is 2.66. The van der Waals surface area contributed by atoms with Crippen LogP contribution in [-0.2, 0) is 6.18 Å². The standard InChI is InChI=1S/C15H18BrF3O/c16-13-8-7-11(9-12(13)15(17,18)19)14(20)10-5-3-1-2-4-6-10/h7-10,14,20H,1-6H2. The molecule has 5 heteroatoms. The maximum atomic E-state index is 12.9. The van der Waals surface area contributed by atoms with E-state index >= 15 is 0 Å². The molecule has 1 N–H and O–H groups in total. The van der Waals surface area contributed by atoms with Gasteiger partial charge in [0.1, 0.15) is 0 Å². The second-order valence-electron chi connectivity index (χ2n) is 5.43. The monoisotopic (exact) mass is 350 g/mol. The fraction of sp³-hybridized carbons (Fsp3) is 0.600. The molecule has 1 unspecified atom stereocenters. The van der Waals surface area contributed by atoms with E-state index in [1.54, 1.807) is 6.07 Å². The molecule has 1 aliphatic rings. The third-order valence-corrected chi connectivity index (χ3v) is 4.68. The molecular weight excluding hydrogens is 333 g/mol. The zero-order valence-corrected chi connectivity index (χ0v) is 12.7. The number of benzene rings is 1. The number of alkyl halides is 3. The van der Waals surface area contributed by atoms with Crippen LogP contribution < -0.4 is 0 Å². The summed E-state index contributed by atoms with van der Waals surface area (Å²) >= 11 is 2.92. The van der Waals surface area contributed by atoms with Crippen LogP contribution >= 0.6 is 15.9 Å². The van der Waals surface area contributed by atoms with Gasteiger partial charge in [-0.25, -0.2) is 0 Å². The van der Waals surface area contributed by atoms with E-state index in [4.69, 9.17) is 0 Å². The van der Waals surface area contributed by atoms with Gasteiger partial charge in [0, 0.05) is 4.47 Å². The van der Waals surface area contributed by atoms with Crippen LogP contribution in [0.3, 0.4) is 0 Å². The van der Waals surface area contributed by atoms with Gasteiger partial charge in [0.25, 0.3) is 0 Å². The number of hydrogen-bond acceptors (Lipinski definition) is 1. The number of hydrogen-bond donors (Lipinski definition) is 1. The first-order valence-corrected chi connectivity index (χ1v) is 7.73. The molecule has 0 heterocycles. The van der Waals surface area contributed by atoms with E-state index in [0.29, 0.717) is 5.56 Å². The molecule has 1 fully saturated rings. The molecule has 112 valence electrons. The van der Waals surface area contributed by atoms with Crippen molar-refractivity contribution in [2.75, 3.05) is 0 Å². The smallest absolute Gasteiger partial charge is 0.388 e. The molecule has 20 heavy (non-hydrogen) atoms. The lowest BCUT2D eigenvalue weighted by molar-refractivity contribution is -0.138. The predicted octanol–water partition coefficient (Wildman–Crippen LogP) is 5.47. The van der Waals surface area contributed by atoms with Gasteiger partial charge < -0.3 is 5.11 Å². The largest absolute Gasteiger partial charge is 0.417 e. The third kappa shape index (κ3) is 3.76. The van der Waals surface area contributed by atoms with Gasteiger partial charge in [0.05, 0.1) is 11.7 Å². The molecule has 0 spiro atoms.